The Morgan fingerprint density at radius 2 is 1.85 bits per heavy atom. The van der Waals surface area contributed by atoms with E-state index in [-0.39, 0.29) is 11.5 Å². The van der Waals surface area contributed by atoms with E-state index in [9.17, 15) is 10.2 Å². The fraction of sp³-hybridized carbons (Fsp3) is 0.188. The van der Waals surface area contributed by atoms with Crippen molar-refractivity contribution in [1.82, 2.24) is 0 Å². The van der Waals surface area contributed by atoms with Crippen molar-refractivity contribution in [2.24, 2.45) is 4.99 Å². The highest BCUT2D eigenvalue weighted by Crippen LogP contribution is 2.38. The Labute approximate surface area is 122 Å². The van der Waals surface area contributed by atoms with E-state index in [1.165, 1.54) is 11.6 Å². The van der Waals surface area contributed by atoms with Gasteiger partial charge in [0.15, 0.2) is 0 Å². The first-order chi connectivity index (χ1) is 9.56. The van der Waals surface area contributed by atoms with Gasteiger partial charge in [-0.25, -0.2) is 4.99 Å². The van der Waals surface area contributed by atoms with Crippen LogP contribution in [0, 0.1) is 13.8 Å². The minimum absolute atomic E-state index is 0.0661. The van der Waals surface area contributed by atoms with Crippen molar-refractivity contribution in [1.29, 1.82) is 0 Å². The lowest BCUT2D eigenvalue weighted by atomic mass is 10.1. The summed E-state index contributed by atoms with van der Waals surface area (Å²) in [7, 11) is 0. The molecule has 0 saturated carbocycles. The van der Waals surface area contributed by atoms with Gasteiger partial charge in [0.2, 0.25) is 0 Å². The Hall–Kier alpha value is -1.94. The minimum atomic E-state index is 0.0661. The topological polar surface area (TPSA) is 52.8 Å². The zero-order chi connectivity index (χ0) is 14.3. The summed E-state index contributed by atoms with van der Waals surface area (Å²) in [5.41, 5.74) is 4.76. The molecule has 0 atom stereocenters. The van der Waals surface area contributed by atoms with E-state index >= 15 is 0 Å². The van der Waals surface area contributed by atoms with E-state index < -0.39 is 0 Å². The van der Waals surface area contributed by atoms with E-state index in [0.717, 1.165) is 27.6 Å². The maximum Gasteiger partial charge on any atom is 0.129 e. The first-order valence-corrected chi connectivity index (χ1v) is 7.38. The standard InChI is InChI=1S/C16H15NO2S/c1-9-4-3-5-11-8-20-16(17-15(9)11)12-6-10(2)13(18)7-14(12)19/h3-7,18-19H,8H2,1-2H3. The fourth-order valence-electron chi connectivity index (χ4n) is 2.27. The van der Waals surface area contributed by atoms with Crippen LogP contribution in [-0.2, 0) is 5.75 Å². The molecule has 0 radical (unpaired) electrons. The summed E-state index contributed by atoms with van der Waals surface area (Å²) in [6.07, 6.45) is 0. The molecule has 0 fully saturated rings. The molecule has 20 heavy (non-hydrogen) atoms. The van der Waals surface area contributed by atoms with Crippen molar-refractivity contribution in [2.75, 3.05) is 0 Å². The van der Waals surface area contributed by atoms with Crippen LogP contribution in [0.5, 0.6) is 11.5 Å². The highest BCUT2D eigenvalue weighted by atomic mass is 32.2. The van der Waals surface area contributed by atoms with Crippen LogP contribution in [0.25, 0.3) is 0 Å². The predicted molar refractivity (Wildman–Crippen MR) is 83.2 cm³/mol. The fourth-order valence-corrected chi connectivity index (χ4v) is 3.27. The number of benzene rings is 2. The summed E-state index contributed by atoms with van der Waals surface area (Å²) in [6.45, 7) is 3.85. The number of nitrogens with zero attached hydrogens (tertiary/aromatic N) is 1. The first-order valence-electron chi connectivity index (χ1n) is 6.39. The number of hydrogen-bond acceptors (Lipinski definition) is 4. The van der Waals surface area contributed by atoms with Gasteiger partial charge in [-0.2, -0.15) is 0 Å². The number of para-hydroxylation sites is 1. The van der Waals surface area contributed by atoms with E-state index in [1.54, 1.807) is 17.8 Å². The molecule has 2 aromatic rings. The lowest BCUT2D eigenvalue weighted by Crippen LogP contribution is -2.03. The molecule has 2 N–H and O–H groups in total. The lowest BCUT2D eigenvalue weighted by Gasteiger charge is -2.18. The Balaban J connectivity index is 2.13. The monoisotopic (exact) mass is 285 g/mol. The van der Waals surface area contributed by atoms with Gasteiger partial charge in [-0.15, -0.1) is 11.8 Å². The smallest absolute Gasteiger partial charge is 0.129 e. The van der Waals surface area contributed by atoms with E-state index in [0.29, 0.717) is 5.56 Å². The molecule has 0 unspecified atom stereocenters. The molecule has 1 aliphatic heterocycles. The Morgan fingerprint density at radius 1 is 1.05 bits per heavy atom. The van der Waals surface area contributed by atoms with Crippen LogP contribution >= 0.6 is 11.8 Å². The van der Waals surface area contributed by atoms with Crippen molar-refractivity contribution in [2.45, 2.75) is 19.6 Å². The van der Waals surface area contributed by atoms with E-state index in [1.807, 2.05) is 26.0 Å². The molecule has 0 aromatic heterocycles. The molecule has 0 saturated heterocycles. The van der Waals surface area contributed by atoms with Gasteiger partial charge >= 0.3 is 0 Å². The van der Waals surface area contributed by atoms with Gasteiger partial charge in [-0.3, -0.25) is 0 Å². The number of rotatable bonds is 1. The number of phenolic OH excluding ortho intramolecular Hbond substituents is 2. The average molecular weight is 285 g/mol. The molecular formula is C16H15NO2S. The number of thioether (sulfide) groups is 1. The number of aromatic hydroxyl groups is 2. The molecule has 0 amide bonds. The second kappa shape index (κ2) is 4.87. The normalized spacial score (nSPS) is 13.8. The van der Waals surface area contributed by atoms with E-state index in [2.05, 4.69) is 11.1 Å². The van der Waals surface area contributed by atoms with Crippen molar-refractivity contribution in [3.8, 4) is 11.5 Å². The molecule has 1 aliphatic rings. The summed E-state index contributed by atoms with van der Waals surface area (Å²) in [4.78, 5) is 4.68. The third kappa shape index (κ3) is 2.16. The van der Waals surface area contributed by atoms with Crippen molar-refractivity contribution < 1.29 is 10.2 Å². The molecular weight excluding hydrogens is 270 g/mol. The van der Waals surface area contributed by atoms with Crippen molar-refractivity contribution >= 4 is 22.5 Å². The van der Waals surface area contributed by atoms with Gasteiger partial charge in [-0.05, 0) is 36.6 Å². The van der Waals surface area contributed by atoms with Gasteiger partial charge in [0.25, 0.3) is 0 Å². The number of aryl methyl sites for hydroxylation is 2. The molecule has 4 heteroatoms. The lowest BCUT2D eigenvalue weighted by molar-refractivity contribution is 0.447. The Kier molecular flexibility index (Phi) is 3.18. The summed E-state index contributed by atoms with van der Waals surface area (Å²) in [5.74, 6) is 1.01. The van der Waals surface area contributed by atoms with Gasteiger partial charge in [0, 0.05) is 17.4 Å². The molecule has 0 bridgehead atoms. The van der Waals surface area contributed by atoms with E-state index in [4.69, 9.17) is 0 Å². The maximum atomic E-state index is 10.0. The summed E-state index contributed by atoms with van der Waals surface area (Å²) < 4.78 is 0. The van der Waals surface area contributed by atoms with Gasteiger partial charge in [0.05, 0.1) is 5.69 Å². The quantitative estimate of drug-likeness (QED) is 0.831. The first kappa shape index (κ1) is 13.1. The highest BCUT2D eigenvalue weighted by molar-refractivity contribution is 8.13. The van der Waals surface area contributed by atoms with Crippen LogP contribution in [0.1, 0.15) is 22.3 Å². The molecule has 3 rings (SSSR count). The second-order valence-corrected chi connectivity index (χ2v) is 5.91. The summed E-state index contributed by atoms with van der Waals surface area (Å²) in [6, 6.07) is 9.31. The number of phenols is 2. The SMILES string of the molecule is Cc1cc(C2=Nc3c(C)cccc3CS2)c(O)cc1O. The summed E-state index contributed by atoms with van der Waals surface area (Å²) in [5, 5.41) is 20.4. The third-order valence-corrected chi connectivity index (χ3v) is 4.48. The molecule has 0 aliphatic carbocycles. The van der Waals surface area contributed by atoms with Crippen LogP contribution in [0.3, 0.4) is 0 Å². The molecule has 102 valence electrons. The molecule has 3 nitrogen and oxygen atoms in total. The number of hydrogen-bond donors (Lipinski definition) is 2. The van der Waals surface area contributed by atoms with Gasteiger partial charge in [0.1, 0.15) is 16.5 Å². The largest absolute Gasteiger partial charge is 0.508 e. The van der Waals surface area contributed by atoms with Crippen LogP contribution in [0.15, 0.2) is 35.3 Å². The maximum absolute atomic E-state index is 10.0. The van der Waals surface area contributed by atoms with Gasteiger partial charge in [-0.1, -0.05) is 18.2 Å². The predicted octanol–water partition coefficient (Wildman–Crippen LogP) is 4.04. The number of aliphatic imine (C=N–C) groups is 1. The Morgan fingerprint density at radius 3 is 2.65 bits per heavy atom. The van der Waals surface area contributed by atoms with Crippen LogP contribution in [-0.4, -0.2) is 15.3 Å². The molecule has 2 aromatic carbocycles. The van der Waals surface area contributed by atoms with Crippen molar-refractivity contribution in [3.05, 3.63) is 52.6 Å². The Bertz CT molecular complexity index is 723. The highest BCUT2D eigenvalue weighted by Gasteiger charge is 2.18. The van der Waals surface area contributed by atoms with Crippen LogP contribution in [0.2, 0.25) is 0 Å². The zero-order valence-corrected chi connectivity index (χ0v) is 12.2. The van der Waals surface area contributed by atoms with Gasteiger partial charge < -0.3 is 10.2 Å². The van der Waals surface area contributed by atoms with Crippen molar-refractivity contribution in [3.63, 3.8) is 0 Å². The summed E-state index contributed by atoms with van der Waals surface area (Å²) >= 11 is 1.60. The minimum Gasteiger partial charge on any atom is -0.508 e. The average Bonchev–Trinajstić information content (AvgIpc) is 2.43. The number of fused-ring (bicyclic) bond motifs is 1. The van der Waals surface area contributed by atoms with Crippen LogP contribution in [0.4, 0.5) is 5.69 Å². The second-order valence-electron chi connectivity index (χ2n) is 4.94. The van der Waals surface area contributed by atoms with Crippen LogP contribution < -0.4 is 0 Å². The molecule has 0 spiro atoms. The molecule has 1 heterocycles. The third-order valence-electron chi connectivity index (χ3n) is 3.44. The zero-order valence-electron chi connectivity index (χ0n) is 11.3.